The van der Waals surface area contributed by atoms with Gasteiger partial charge in [0.25, 0.3) is 0 Å². The van der Waals surface area contributed by atoms with Crippen molar-refractivity contribution in [2.45, 2.75) is 13.3 Å². The number of amides is 1. The summed E-state index contributed by atoms with van der Waals surface area (Å²) in [5.74, 6) is -2.56. The van der Waals surface area contributed by atoms with Crippen LogP contribution in [0.5, 0.6) is 0 Å². The van der Waals surface area contributed by atoms with Crippen LogP contribution in [-0.2, 0) is 14.3 Å². The lowest BCUT2D eigenvalue weighted by atomic mass is 10.1. The topological polar surface area (TPSA) is 83.9 Å². The number of carboxylic acid groups (broad SMARTS) is 1. The van der Waals surface area contributed by atoms with Gasteiger partial charge in [0.05, 0.1) is 23.8 Å². The zero-order valence-corrected chi connectivity index (χ0v) is 11.0. The average molecular weight is 277 g/mol. The van der Waals surface area contributed by atoms with Crippen LogP contribution in [-0.4, -0.2) is 36.1 Å². The molecule has 1 unspecified atom stereocenters. The summed E-state index contributed by atoms with van der Waals surface area (Å²) < 4.78 is 4.94. The summed E-state index contributed by atoms with van der Waals surface area (Å²) in [6.07, 6.45) is -0.0491. The minimum absolute atomic E-state index is 0.0491. The molecule has 20 heavy (non-hydrogen) atoms. The van der Waals surface area contributed by atoms with Gasteiger partial charge in [-0.2, -0.15) is 0 Å². The van der Waals surface area contributed by atoms with Gasteiger partial charge in [-0.1, -0.05) is 12.1 Å². The number of hydrogen-bond acceptors (Lipinski definition) is 4. The maximum Gasteiger partial charge on any atom is 0.340 e. The van der Waals surface area contributed by atoms with Crippen LogP contribution in [0.1, 0.15) is 23.7 Å². The van der Waals surface area contributed by atoms with Gasteiger partial charge in [0.15, 0.2) is 0 Å². The highest BCUT2D eigenvalue weighted by atomic mass is 16.5. The van der Waals surface area contributed by atoms with Crippen molar-refractivity contribution in [3.63, 3.8) is 0 Å². The molecular weight excluding hydrogens is 262 g/mol. The van der Waals surface area contributed by atoms with Gasteiger partial charge in [0.2, 0.25) is 5.91 Å². The third kappa shape index (κ3) is 2.64. The molecule has 1 aliphatic rings. The molecular formula is C14H15NO5. The minimum atomic E-state index is -1.01. The Bertz CT molecular complexity index is 554. The van der Waals surface area contributed by atoms with Gasteiger partial charge in [-0.3, -0.25) is 9.59 Å². The first kappa shape index (κ1) is 14.0. The summed E-state index contributed by atoms with van der Waals surface area (Å²) >= 11 is 0. The lowest BCUT2D eigenvalue weighted by molar-refractivity contribution is -0.141. The summed E-state index contributed by atoms with van der Waals surface area (Å²) in [7, 11) is 0. The summed E-state index contributed by atoms with van der Waals surface area (Å²) in [6, 6.07) is 6.55. The average Bonchev–Trinajstić information content (AvgIpc) is 2.81. The van der Waals surface area contributed by atoms with Crippen LogP contribution in [0, 0.1) is 5.92 Å². The zero-order valence-electron chi connectivity index (χ0n) is 11.0. The number of hydrogen-bond donors (Lipinski definition) is 1. The van der Waals surface area contributed by atoms with E-state index in [-0.39, 0.29) is 31.0 Å². The van der Waals surface area contributed by atoms with E-state index < -0.39 is 17.9 Å². The standard InChI is InChI=1S/C14H15NO5/c1-2-20-14(19)10-5-3-4-6-11(10)15-8-9(13(17)18)7-12(15)16/h3-6,9H,2,7-8H2,1H3,(H,17,18). The number of ether oxygens (including phenoxy) is 1. The molecule has 6 nitrogen and oxygen atoms in total. The summed E-state index contributed by atoms with van der Waals surface area (Å²) in [6.45, 7) is 2.01. The molecule has 1 fully saturated rings. The number of para-hydroxylation sites is 1. The Hall–Kier alpha value is -2.37. The molecule has 1 saturated heterocycles. The van der Waals surface area contributed by atoms with E-state index in [9.17, 15) is 14.4 Å². The van der Waals surface area contributed by atoms with Gasteiger partial charge in [0.1, 0.15) is 0 Å². The van der Waals surface area contributed by atoms with Crippen LogP contribution in [0.3, 0.4) is 0 Å². The van der Waals surface area contributed by atoms with E-state index in [1.54, 1.807) is 31.2 Å². The molecule has 1 atom stereocenters. The molecule has 0 aliphatic carbocycles. The summed E-state index contributed by atoms with van der Waals surface area (Å²) in [4.78, 5) is 36.1. The van der Waals surface area contributed by atoms with E-state index in [2.05, 4.69) is 0 Å². The third-order valence-electron chi connectivity index (χ3n) is 3.16. The number of carbonyl (C=O) groups is 3. The van der Waals surface area contributed by atoms with Gasteiger partial charge in [-0.25, -0.2) is 4.79 Å². The first-order valence-electron chi connectivity index (χ1n) is 6.34. The molecule has 0 saturated carbocycles. The van der Waals surface area contributed by atoms with Crippen LogP contribution < -0.4 is 4.90 Å². The first-order valence-corrected chi connectivity index (χ1v) is 6.34. The summed E-state index contributed by atoms with van der Waals surface area (Å²) in [5, 5.41) is 8.99. The van der Waals surface area contributed by atoms with E-state index in [1.807, 2.05) is 0 Å². The molecule has 1 aromatic carbocycles. The third-order valence-corrected chi connectivity index (χ3v) is 3.16. The molecule has 2 rings (SSSR count). The molecule has 106 valence electrons. The normalized spacial score (nSPS) is 18.1. The number of carbonyl (C=O) groups excluding carboxylic acids is 2. The Balaban J connectivity index is 2.31. The van der Waals surface area contributed by atoms with Crippen molar-refractivity contribution in [2.75, 3.05) is 18.1 Å². The molecule has 1 N–H and O–H groups in total. The maximum atomic E-state index is 11.9. The SMILES string of the molecule is CCOC(=O)c1ccccc1N1CC(C(=O)O)CC1=O. The number of aliphatic carboxylic acids is 1. The molecule has 0 spiro atoms. The smallest absolute Gasteiger partial charge is 0.340 e. The van der Waals surface area contributed by atoms with E-state index in [0.29, 0.717) is 5.69 Å². The highest BCUT2D eigenvalue weighted by molar-refractivity contribution is 6.05. The second kappa shape index (κ2) is 5.73. The Morgan fingerprint density at radius 2 is 2.10 bits per heavy atom. The molecule has 1 aromatic rings. The Labute approximate surface area is 115 Å². The van der Waals surface area contributed by atoms with E-state index in [4.69, 9.17) is 9.84 Å². The largest absolute Gasteiger partial charge is 0.481 e. The van der Waals surface area contributed by atoms with Gasteiger partial charge >= 0.3 is 11.9 Å². The van der Waals surface area contributed by atoms with Crippen molar-refractivity contribution in [2.24, 2.45) is 5.92 Å². The number of anilines is 1. The number of benzene rings is 1. The fraction of sp³-hybridized carbons (Fsp3) is 0.357. The molecule has 0 radical (unpaired) electrons. The fourth-order valence-corrected chi connectivity index (χ4v) is 2.20. The van der Waals surface area contributed by atoms with Gasteiger partial charge in [-0.15, -0.1) is 0 Å². The number of carboxylic acids is 1. The van der Waals surface area contributed by atoms with Crippen LogP contribution >= 0.6 is 0 Å². The molecule has 6 heteroatoms. The highest BCUT2D eigenvalue weighted by Crippen LogP contribution is 2.28. The van der Waals surface area contributed by atoms with Crippen LogP contribution in [0.2, 0.25) is 0 Å². The van der Waals surface area contributed by atoms with Crippen molar-refractivity contribution in [3.8, 4) is 0 Å². The zero-order chi connectivity index (χ0) is 14.7. The van der Waals surface area contributed by atoms with Gasteiger partial charge in [0, 0.05) is 13.0 Å². The van der Waals surface area contributed by atoms with E-state index >= 15 is 0 Å². The number of rotatable bonds is 4. The summed E-state index contributed by atoms with van der Waals surface area (Å²) in [5.41, 5.74) is 0.674. The second-order valence-corrected chi connectivity index (χ2v) is 4.48. The monoisotopic (exact) mass is 277 g/mol. The Morgan fingerprint density at radius 3 is 2.70 bits per heavy atom. The van der Waals surface area contributed by atoms with Crippen molar-refractivity contribution >= 4 is 23.5 Å². The van der Waals surface area contributed by atoms with Crippen molar-refractivity contribution in [1.29, 1.82) is 0 Å². The second-order valence-electron chi connectivity index (χ2n) is 4.48. The highest BCUT2D eigenvalue weighted by Gasteiger charge is 2.36. The number of nitrogens with zero attached hydrogens (tertiary/aromatic N) is 1. The van der Waals surface area contributed by atoms with Crippen LogP contribution in [0.4, 0.5) is 5.69 Å². The quantitative estimate of drug-likeness (QED) is 0.839. The maximum absolute atomic E-state index is 11.9. The van der Waals surface area contributed by atoms with Crippen molar-refractivity contribution in [3.05, 3.63) is 29.8 Å². The van der Waals surface area contributed by atoms with Crippen LogP contribution in [0.25, 0.3) is 0 Å². The minimum Gasteiger partial charge on any atom is -0.481 e. The molecule has 0 aromatic heterocycles. The fourth-order valence-electron chi connectivity index (χ4n) is 2.20. The predicted octanol–water partition coefficient (Wildman–Crippen LogP) is 1.30. The molecule has 1 amide bonds. The Kier molecular flexibility index (Phi) is 4.02. The van der Waals surface area contributed by atoms with Crippen molar-refractivity contribution in [1.82, 2.24) is 0 Å². The van der Waals surface area contributed by atoms with Gasteiger partial charge in [-0.05, 0) is 19.1 Å². The predicted molar refractivity (Wildman–Crippen MR) is 70.5 cm³/mol. The van der Waals surface area contributed by atoms with Crippen molar-refractivity contribution < 1.29 is 24.2 Å². The lowest BCUT2D eigenvalue weighted by Gasteiger charge is -2.19. The van der Waals surface area contributed by atoms with Gasteiger partial charge < -0.3 is 14.7 Å². The molecule has 1 aliphatic heterocycles. The molecule has 1 heterocycles. The van der Waals surface area contributed by atoms with Crippen LogP contribution in [0.15, 0.2) is 24.3 Å². The number of esters is 1. The Morgan fingerprint density at radius 1 is 1.40 bits per heavy atom. The molecule has 0 bridgehead atoms. The lowest BCUT2D eigenvalue weighted by Crippen LogP contribution is -2.27. The van der Waals surface area contributed by atoms with E-state index in [1.165, 1.54) is 4.90 Å². The van der Waals surface area contributed by atoms with E-state index in [0.717, 1.165) is 0 Å². The first-order chi connectivity index (χ1) is 9.54.